The van der Waals surface area contributed by atoms with Crippen LogP contribution in [-0.2, 0) is 0 Å². The van der Waals surface area contributed by atoms with Crippen LogP contribution in [0.4, 0.5) is 0 Å². The maximum atomic E-state index is 9.75. The van der Waals surface area contributed by atoms with Gasteiger partial charge < -0.3 is 0 Å². The molecule has 0 radical (unpaired) electrons. The first-order valence-corrected chi connectivity index (χ1v) is 13.1. The molecule has 9 aromatic rings. The molecule has 9 rings (SSSR count). The van der Waals surface area contributed by atoms with E-state index in [0.29, 0.717) is 0 Å². The van der Waals surface area contributed by atoms with Gasteiger partial charge in [-0.3, -0.25) is 0 Å². The molecular formula is C44H28. The molecule has 0 saturated carbocycles. The second-order valence-corrected chi connectivity index (χ2v) is 9.58. The van der Waals surface area contributed by atoms with Crippen LogP contribution in [0.2, 0.25) is 0 Å². The average molecular weight is 584 g/mol. The summed E-state index contributed by atoms with van der Waals surface area (Å²) in [5, 5.41) is -5.89. The van der Waals surface area contributed by atoms with Crippen molar-refractivity contribution in [2.45, 2.75) is 0 Å². The van der Waals surface area contributed by atoms with Gasteiger partial charge in [0.05, 0.1) is 37.0 Å². The van der Waals surface area contributed by atoms with Crippen LogP contribution in [0.5, 0.6) is 0 Å². The molecule has 0 unspecified atom stereocenters. The molecule has 0 fully saturated rings. The highest BCUT2D eigenvalue weighted by molar-refractivity contribution is 6.25. The molecule has 9 aromatic carbocycles. The average Bonchev–Trinajstić information content (AvgIpc) is 3.34. The van der Waals surface area contributed by atoms with Crippen LogP contribution in [-0.4, -0.2) is 0 Å². The second-order valence-electron chi connectivity index (χ2n) is 9.58. The molecule has 0 atom stereocenters. The lowest BCUT2D eigenvalue weighted by Gasteiger charge is -2.19. The van der Waals surface area contributed by atoms with E-state index < -0.39 is 240 Å². The largest absolute Gasteiger partial charge is 0.0636 e. The molecule has 0 N–H and O–H groups in total. The summed E-state index contributed by atoms with van der Waals surface area (Å²) >= 11 is 0. The molecule has 0 saturated heterocycles. The predicted octanol–water partition coefficient (Wildman–Crippen LogP) is 12.5. The summed E-state index contributed by atoms with van der Waals surface area (Å²) in [5.74, 6) is 0. The van der Waals surface area contributed by atoms with Crippen molar-refractivity contribution in [3.05, 3.63) is 169 Å². The minimum absolute atomic E-state index is 0.369. The van der Waals surface area contributed by atoms with Crippen LogP contribution in [0.1, 0.15) is 37.0 Å². The summed E-state index contributed by atoms with van der Waals surface area (Å²) in [4.78, 5) is 0. The molecule has 0 nitrogen and oxygen atoms in total. The first-order chi connectivity index (χ1) is 33.1. The Morgan fingerprint density at radius 1 is 0.295 bits per heavy atom. The van der Waals surface area contributed by atoms with Crippen molar-refractivity contribution >= 4 is 53.9 Å². The molecular weight excluding hydrogens is 528 g/mol. The van der Waals surface area contributed by atoms with Gasteiger partial charge in [-0.05, 0) is 93.3 Å². The fourth-order valence-electron chi connectivity index (χ4n) is 5.40. The van der Waals surface area contributed by atoms with Gasteiger partial charge in [0.2, 0.25) is 0 Å². The third kappa shape index (κ3) is 3.78. The van der Waals surface area contributed by atoms with Gasteiger partial charge in [-0.1, -0.05) is 163 Å². The van der Waals surface area contributed by atoms with Crippen molar-refractivity contribution in [1.29, 1.82) is 0 Å². The van der Waals surface area contributed by atoms with Crippen molar-refractivity contribution in [2.24, 2.45) is 0 Å². The van der Waals surface area contributed by atoms with Gasteiger partial charge in [-0.25, -0.2) is 0 Å². The van der Waals surface area contributed by atoms with E-state index in [0.717, 1.165) is 6.07 Å². The van der Waals surface area contributed by atoms with Gasteiger partial charge in [-0.15, -0.1) is 0 Å². The van der Waals surface area contributed by atoms with E-state index >= 15 is 0 Å². The van der Waals surface area contributed by atoms with Gasteiger partial charge in [0.15, 0.2) is 0 Å². The number of rotatable bonds is 3. The quantitative estimate of drug-likeness (QED) is 0.143. The third-order valence-electron chi connectivity index (χ3n) is 7.26. The summed E-state index contributed by atoms with van der Waals surface area (Å²) in [6.07, 6.45) is 0. The third-order valence-corrected chi connectivity index (χ3v) is 7.26. The van der Waals surface area contributed by atoms with E-state index in [1.807, 2.05) is 0 Å². The minimum atomic E-state index is -1.09. The van der Waals surface area contributed by atoms with Gasteiger partial charge >= 0.3 is 0 Å². The van der Waals surface area contributed by atoms with Gasteiger partial charge in [0.25, 0.3) is 0 Å². The van der Waals surface area contributed by atoms with Crippen molar-refractivity contribution in [3.63, 3.8) is 0 Å². The molecule has 0 amide bonds. The predicted molar refractivity (Wildman–Crippen MR) is 190 cm³/mol. The lowest BCUT2D eigenvalue weighted by Crippen LogP contribution is -1.92. The molecule has 0 aliphatic carbocycles. The maximum Gasteiger partial charge on any atom is 0.0636 e. The van der Waals surface area contributed by atoms with E-state index in [2.05, 4.69) is 0 Å². The Kier molecular flexibility index (Phi) is 2.24. The van der Waals surface area contributed by atoms with Crippen LogP contribution in [0.15, 0.2) is 169 Å². The van der Waals surface area contributed by atoms with Gasteiger partial charge in [0, 0.05) is 0 Å². The van der Waals surface area contributed by atoms with Crippen molar-refractivity contribution < 1.29 is 37.0 Å². The smallest absolute Gasteiger partial charge is 0.0616 e. The van der Waals surface area contributed by atoms with E-state index in [-0.39, 0.29) is 10.8 Å². The molecule has 0 heterocycles. The van der Waals surface area contributed by atoms with Gasteiger partial charge in [0.1, 0.15) is 0 Å². The Balaban J connectivity index is 1.61. The van der Waals surface area contributed by atoms with E-state index in [1.54, 1.807) is 0 Å². The van der Waals surface area contributed by atoms with E-state index in [9.17, 15) is 13.7 Å². The highest BCUT2D eigenvalue weighted by Gasteiger charge is 2.19. The first kappa shape index (κ1) is 9.91. The summed E-state index contributed by atoms with van der Waals surface area (Å²) in [7, 11) is 0. The second kappa shape index (κ2) is 9.93. The monoisotopic (exact) mass is 583 g/mol. The van der Waals surface area contributed by atoms with Gasteiger partial charge in [-0.2, -0.15) is 0 Å². The highest BCUT2D eigenvalue weighted by Crippen LogP contribution is 2.46. The SMILES string of the molecule is [2H]c1cc2c([2H])c(-c3c4c([2H])c([2H])c([2H])c([2H])c4c(-c4c([2H])c([2H])c(-c5c([2H])c([2H])c([2H])c6c([2H])c([2H])c([2H])c([2H])c56)c([2H])c4[2H])c4c([2H])c([2H])c([2H])c([2H])c34)c3c([2H])c([2H])c([2H])c([2H])c3c2c([2H])c1[2H]. The summed E-state index contributed by atoms with van der Waals surface area (Å²) in [6.45, 7) is 0. The lowest BCUT2D eigenvalue weighted by atomic mass is 9.83. The lowest BCUT2D eigenvalue weighted by molar-refractivity contribution is 1.63. The molecule has 0 aliphatic heterocycles. The Morgan fingerprint density at radius 2 is 0.795 bits per heavy atom. The highest BCUT2D eigenvalue weighted by atomic mass is 14.2. The Labute approximate surface area is 294 Å². The molecule has 0 aromatic heterocycles. The summed E-state index contributed by atoms with van der Waals surface area (Å²) in [6, 6.07) is -23.4. The van der Waals surface area contributed by atoms with Crippen LogP contribution in [0.25, 0.3) is 87.2 Å². The summed E-state index contributed by atoms with van der Waals surface area (Å²) < 4.78 is 242. The molecule has 0 bridgehead atoms. The van der Waals surface area contributed by atoms with Crippen LogP contribution in [0, 0.1) is 0 Å². The normalized spacial score (nSPS) is 20.2. The fraction of sp³-hybridized carbons (Fsp3) is 0. The summed E-state index contributed by atoms with van der Waals surface area (Å²) in [5.41, 5.74) is -4.41. The van der Waals surface area contributed by atoms with Crippen LogP contribution >= 0.6 is 0 Å². The van der Waals surface area contributed by atoms with Crippen LogP contribution < -0.4 is 0 Å². The standard InChI is InChI=1S/C44H28/c1-3-15-33-29(12-1)14-11-23-34(33)30-24-26-31(27-25-30)43-38-19-7-9-21-40(38)44(41-22-10-8-20-39(41)43)42-28-32-13-2-4-16-35(32)36-17-5-6-18-37(36)42/h1-28H/i1D,2D,3D,4D,5D,6D,7D,8D,9D,10D,11D,12D,14D,15D,16D,17D,18D,19D,20D,21D,22D,23D,24D,25D,26D,27D,28D. The van der Waals surface area contributed by atoms with Crippen molar-refractivity contribution in [1.82, 2.24) is 0 Å². The van der Waals surface area contributed by atoms with Crippen molar-refractivity contribution in [3.8, 4) is 33.4 Å². The Hall–Kier alpha value is -5.72. The zero-order valence-corrected chi connectivity index (χ0v) is 22.1. The fourth-order valence-corrected chi connectivity index (χ4v) is 5.40. The first-order valence-electron chi connectivity index (χ1n) is 26.6. The van der Waals surface area contributed by atoms with E-state index in [1.165, 1.54) is 0 Å². The van der Waals surface area contributed by atoms with Crippen LogP contribution in [0.3, 0.4) is 0 Å². The zero-order chi connectivity index (χ0) is 52.5. The number of benzene rings is 9. The van der Waals surface area contributed by atoms with Crippen molar-refractivity contribution in [2.75, 3.05) is 0 Å². The molecule has 44 heavy (non-hydrogen) atoms. The zero-order valence-electron chi connectivity index (χ0n) is 49.1. The van der Waals surface area contributed by atoms with E-state index in [4.69, 9.17) is 23.3 Å². The number of hydrogen-bond acceptors (Lipinski definition) is 0. The maximum absolute atomic E-state index is 9.75. The molecule has 0 spiro atoms. The number of hydrogen-bond donors (Lipinski definition) is 0. The minimum Gasteiger partial charge on any atom is -0.0616 e. The molecule has 0 aliphatic rings. The Bertz CT molecular complexity index is 3950. The molecule has 0 heteroatoms. The topological polar surface area (TPSA) is 0 Å². The number of fused-ring (bicyclic) bond motifs is 6. The Morgan fingerprint density at radius 3 is 1.50 bits per heavy atom. The molecule has 204 valence electrons.